The van der Waals surface area contributed by atoms with Gasteiger partial charge in [-0.1, -0.05) is 30.3 Å². The van der Waals surface area contributed by atoms with Crippen molar-refractivity contribution in [1.82, 2.24) is 10.3 Å². The zero-order chi connectivity index (χ0) is 13.8. The van der Waals surface area contributed by atoms with Crippen molar-refractivity contribution in [2.45, 2.75) is 6.42 Å². The lowest BCUT2D eigenvalue weighted by atomic mass is 10.2. The fourth-order valence-corrected chi connectivity index (χ4v) is 2.97. The van der Waals surface area contributed by atoms with Gasteiger partial charge in [-0.2, -0.15) is 0 Å². The molecule has 0 atom stereocenters. The van der Waals surface area contributed by atoms with E-state index in [1.165, 1.54) is 4.70 Å². The van der Waals surface area contributed by atoms with E-state index in [1.807, 2.05) is 48.5 Å². The summed E-state index contributed by atoms with van der Waals surface area (Å²) in [5, 5.41) is 3.97. The second-order valence-corrected chi connectivity index (χ2v) is 5.56. The summed E-state index contributed by atoms with van der Waals surface area (Å²) in [5.74, 6) is -0.0355. The van der Waals surface area contributed by atoms with E-state index in [0.29, 0.717) is 12.1 Å². The van der Waals surface area contributed by atoms with Gasteiger partial charge in [0.15, 0.2) is 0 Å². The first-order valence-corrected chi connectivity index (χ1v) is 7.32. The maximum atomic E-state index is 11.9. The Balaban J connectivity index is 1.58. The molecule has 0 unspecified atom stereocenters. The van der Waals surface area contributed by atoms with Gasteiger partial charge in [0.1, 0.15) is 0 Å². The smallest absolute Gasteiger partial charge is 0.251 e. The van der Waals surface area contributed by atoms with E-state index in [9.17, 15) is 4.79 Å². The van der Waals surface area contributed by atoms with Crippen LogP contribution in [-0.2, 0) is 6.42 Å². The summed E-state index contributed by atoms with van der Waals surface area (Å²) in [6, 6.07) is 17.3. The van der Waals surface area contributed by atoms with Gasteiger partial charge < -0.3 is 5.32 Å². The number of hydrogen-bond acceptors (Lipinski definition) is 3. The quantitative estimate of drug-likeness (QED) is 0.798. The van der Waals surface area contributed by atoms with Crippen LogP contribution >= 0.6 is 11.3 Å². The van der Waals surface area contributed by atoms with Gasteiger partial charge >= 0.3 is 0 Å². The number of benzene rings is 2. The average molecular weight is 282 g/mol. The lowest BCUT2D eigenvalue weighted by Gasteiger charge is -2.03. The van der Waals surface area contributed by atoms with Gasteiger partial charge in [-0.25, -0.2) is 4.98 Å². The molecule has 100 valence electrons. The van der Waals surface area contributed by atoms with Crippen LogP contribution in [0.3, 0.4) is 0 Å². The van der Waals surface area contributed by atoms with Gasteiger partial charge in [0, 0.05) is 18.5 Å². The number of nitrogens with one attached hydrogen (secondary N) is 1. The number of carbonyl (C=O) groups excluding carboxylic acids is 1. The molecule has 0 aliphatic heterocycles. The summed E-state index contributed by atoms with van der Waals surface area (Å²) in [5.41, 5.74) is 1.72. The first-order chi connectivity index (χ1) is 9.83. The predicted octanol–water partition coefficient (Wildman–Crippen LogP) is 3.27. The van der Waals surface area contributed by atoms with Gasteiger partial charge in [0.05, 0.1) is 15.2 Å². The van der Waals surface area contributed by atoms with E-state index in [4.69, 9.17) is 0 Å². The molecule has 3 rings (SSSR count). The Bertz CT molecular complexity index is 688. The minimum absolute atomic E-state index is 0.0355. The Labute approximate surface area is 121 Å². The predicted molar refractivity (Wildman–Crippen MR) is 82.1 cm³/mol. The van der Waals surface area contributed by atoms with Crippen LogP contribution in [0, 0.1) is 0 Å². The van der Waals surface area contributed by atoms with Crippen LogP contribution in [0.1, 0.15) is 15.4 Å². The summed E-state index contributed by atoms with van der Waals surface area (Å²) in [6.07, 6.45) is 0.762. The molecule has 4 heteroatoms. The number of nitrogens with zero attached hydrogens (tertiary/aromatic N) is 1. The van der Waals surface area contributed by atoms with Crippen molar-refractivity contribution in [1.29, 1.82) is 0 Å². The molecule has 20 heavy (non-hydrogen) atoms. The third kappa shape index (κ3) is 2.86. The van der Waals surface area contributed by atoms with Crippen LogP contribution in [0.25, 0.3) is 10.2 Å². The van der Waals surface area contributed by atoms with Gasteiger partial charge in [0.2, 0.25) is 0 Å². The zero-order valence-electron chi connectivity index (χ0n) is 10.9. The highest BCUT2D eigenvalue weighted by atomic mass is 32.1. The number of rotatable bonds is 4. The first-order valence-electron chi connectivity index (χ1n) is 6.50. The molecule has 1 N–H and O–H groups in total. The summed E-state index contributed by atoms with van der Waals surface area (Å²) in [6.45, 7) is 0.605. The van der Waals surface area contributed by atoms with E-state index < -0.39 is 0 Å². The van der Waals surface area contributed by atoms with Crippen molar-refractivity contribution < 1.29 is 4.79 Å². The Morgan fingerprint density at radius 1 is 1.05 bits per heavy atom. The molecular formula is C16H14N2OS. The van der Waals surface area contributed by atoms with Gasteiger partial charge in [-0.15, -0.1) is 11.3 Å². The monoisotopic (exact) mass is 282 g/mol. The van der Waals surface area contributed by atoms with Crippen molar-refractivity contribution >= 4 is 27.5 Å². The number of aromatic nitrogens is 1. The standard InChI is InChI=1S/C16H14N2OS/c19-16(12-6-2-1-3-7-12)17-11-10-15-18-13-8-4-5-9-14(13)20-15/h1-9H,10-11H2,(H,17,19). The summed E-state index contributed by atoms with van der Waals surface area (Å²) in [7, 11) is 0. The molecule has 1 aromatic heterocycles. The normalized spacial score (nSPS) is 10.6. The number of para-hydroxylation sites is 1. The van der Waals surface area contributed by atoms with Crippen LogP contribution in [0.4, 0.5) is 0 Å². The summed E-state index contributed by atoms with van der Waals surface area (Å²) < 4.78 is 1.19. The molecule has 0 spiro atoms. The zero-order valence-corrected chi connectivity index (χ0v) is 11.7. The fourth-order valence-electron chi connectivity index (χ4n) is 2.00. The minimum atomic E-state index is -0.0355. The molecule has 3 aromatic rings. The molecule has 0 bridgehead atoms. The molecule has 0 saturated heterocycles. The summed E-state index contributed by atoms with van der Waals surface area (Å²) in [4.78, 5) is 16.4. The Morgan fingerprint density at radius 3 is 2.60 bits per heavy atom. The third-order valence-corrected chi connectivity index (χ3v) is 4.09. The second kappa shape index (κ2) is 5.84. The van der Waals surface area contributed by atoms with Crippen LogP contribution in [0.15, 0.2) is 54.6 Å². The van der Waals surface area contributed by atoms with Crippen LogP contribution < -0.4 is 5.32 Å². The van der Waals surface area contributed by atoms with Crippen LogP contribution in [0.2, 0.25) is 0 Å². The highest BCUT2D eigenvalue weighted by molar-refractivity contribution is 7.18. The number of carbonyl (C=O) groups is 1. The Hall–Kier alpha value is -2.20. The van der Waals surface area contributed by atoms with E-state index >= 15 is 0 Å². The molecule has 2 aromatic carbocycles. The number of hydrogen-bond donors (Lipinski definition) is 1. The van der Waals surface area contributed by atoms with Crippen molar-refractivity contribution in [3.05, 3.63) is 65.2 Å². The molecule has 0 saturated carbocycles. The fraction of sp³-hybridized carbons (Fsp3) is 0.125. The van der Waals surface area contributed by atoms with Gasteiger partial charge in [-0.05, 0) is 24.3 Å². The molecule has 0 fully saturated rings. The highest BCUT2D eigenvalue weighted by Crippen LogP contribution is 2.21. The van der Waals surface area contributed by atoms with Crippen molar-refractivity contribution in [2.75, 3.05) is 6.54 Å². The highest BCUT2D eigenvalue weighted by Gasteiger charge is 2.06. The van der Waals surface area contributed by atoms with Crippen molar-refractivity contribution in [2.24, 2.45) is 0 Å². The molecular weight excluding hydrogens is 268 g/mol. The van der Waals surface area contributed by atoms with Crippen LogP contribution in [0.5, 0.6) is 0 Å². The van der Waals surface area contributed by atoms with E-state index in [-0.39, 0.29) is 5.91 Å². The number of thiazole rings is 1. The summed E-state index contributed by atoms with van der Waals surface area (Å²) >= 11 is 1.68. The van der Waals surface area contributed by atoms with Crippen molar-refractivity contribution in [3.63, 3.8) is 0 Å². The maximum absolute atomic E-state index is 11.9. The van der Waals surface area contributed by atoms with Crippen LogP contribution in [-0.4, -0.2) is 17.4 Å². The molecule has 0 aliphatic rings. The van der Waals surface area contributed by atoms with Gasteiger partial charge in [0.25, 0.3) is 5.91 Å². The third-order valence-electron chi connectivity index (χ3n) is 3.00. The maximum Gasteiger partial charge on any atom is 0.251 e. The largest absolute Gasteiger partial charge is 0.352 e. The molecule has 0 aliphatic carbocycles. The lowest BCUT2D eigenvalue weighted by Crippen LogP contribution is -2.25. The van der Waals surface area contributed by atoms with Gasteiger partial charge in [-0.3, -0.25) is 4.79 Å². The molecule has 1 heterocycles. The molecule has 3 nitrogen and oxygen atoms in total. The molecule has 0 radical (unpaired) electrons. The van der Waals surface area contributed by atoms with E-state index in [1.54, 1.807) is 11.3 Å². The first kappa shape index (κ1) is 12.8. The Kier molecular flexibility index (Phi) is 3.74. The van der Waals surface area contributed by atoms with E-state index in [0.717, 1.165) is 16.9 Å². The lowest BCUT2D eigenvalue weighted by molar-refractivity contribution is 0.0954. The van der Waals surface area contributed by atoms with E-state index in [2.05, 4.69) is 16.4 Å². The van der Waals surface area contributed by atoms with Crippen molar-refractivity contribution in [3.8, 4) is 0 Å². The molecule has 1 amide bonds. The second-order valence-electron chi connectivity index (χ2n) is 4.45. The number of amides is 1. The average Bonchev–Trinajstić information content (AvgIpc) is 2.90. The Morgan fingerprint density at radius 2 is 1.80 bits per heavy atom. The number of fused-ring (bicyclic) bond motifs is 1. The minimum Gasteiger partial charge on any atom is -0.352 e. The SMILES string of the molecule is O=C(NCCc1nc2ccccc2s1)c1ccccc1. The topological polar surface area (TPSA) is 42.0 Å².